The standard InChI is InChI=1S/C22H27FO2/c1-7-15-9-11-17(18-14-16(24-5)10-12-20(18)23)19(13-15)21(25-6)22(3,4)8-2/h8-14,21H,2,7H2,1,3-6H3. The first-order valence-corrected chi connectivity index (χ1v) is 8.51. The van der Waals surface area contributed by atoms with Crippen LogP contribution in [0, 0.1) is 11.2 Å². The number of hydrogen-bond acceptors (Lipinski definition) is 2. The fourth-order valence-corrected chi connectivity index (χ4v) is 3.07. The summed E-state index contributed by atoms with van der Waals surface area (Å²) in [5, 5.41) is 0. The SMILES string of the molecule is C=CC(C)(C)C(OC)c1cc(CC)ccc1-c1cc(OC)ccc1F. The monoisotopic (exact) mass is 342 g/mol. The van der Waals surface area contributed by atoms with Gasteiger partial charge in [-0.25, -0.2) is 4.39 Å². The van der Waals surface area contributed by atoms with Gasteiger partial charge < -0.3 is 9.47 Å². The molecular weight excluding hydrogens is 315 g/mol. The molecule has 0 heterocycles. The number of benzene rings is 2. The molecule has 0 aliphatic heterocycles. The van der Waals surface area contributed by atoms with E-state index in [-0.39, 0.29) is 17.3 Å². The summed E-state index contributed by atoms with van der Waals surface area (Å²) in [6.07, 6.45) is 2.54. The summed E-state index contributed by atoms with van der Waals surface area (Å²) in [6, 6.07) is 10.9. The van der Waals surface area contributed by atoms with Gasteiger partial charge in [0.05, 0.1) is 13.2 Å². The van der Waals surface area contributed by atoms with E-state index >= 15 is 0 Å². The summed E-state index contributed by atoms with van der Waals surface area (Å²) in [5.41, 5.74) is 3.17. The lowest BCUT2D eigenvalue weighted by Gasteiger charge is -2.32. The predicted octanol–water partition coefficient (Wildman–Crippen LogP) is 5.96. The molecule has 2 rings (SSSR count). The molecule has 134 valence electrons. The van der Waals surface area contributed by atoms with E-state index in [0.717, 1.165) is 17.5 Å². The molecule has 25 heavy (non-hydrogen) atoms. The van der Waals surface area contributed by atoms with Gasteiger partial charge in [-0.3, -0.25) is 0 Å². The van der Waals surface area contributed by atoms with Gasteiger partial charge in [0.15, 0.2) is 0 Å². The average Bonchev–Trinajstić information content (AvgIpc) is 2.62. The maximum Gasteiger partial charge on any atom is 0.131 e. The molecule has 1 unspecified atom stereocenters. The van der Waals surface area contributed by atoms with Gasteiger partial charge in [-0.1, -0.05) is 45.0 Å². The van der Waals surface area contributed by atoms with Crippen molar-refractivity contribution in [1.82, 2.24) is 0 Å². The van der Waals surface area contributed by atoms with Crippen LogP contribution in [0.5, 0.6) is 5.75 Å². The minimum atomic E-state index is -0.300. The molecule has 0 amide bonds. The molecule has 0 fully saturated rings. The molecule has 0 saturated carbocycles. The molecule has 2 nitrogen and oxygen atoms in total. The van der Waals surface area contributed by atoms with E-state index in [0.29, 0.717) is 11.3 Å². The Hall–Kier alpha value is -2.13. The second-order valence-corrected chi connectivity index (χ2v) is 6.76. The van der Waals surface area contributed by atoms with E-state index in [1.165, 1.54) is 11.6 Å². The van der Waals surface area contributed by atoms with Gasteiger partial charge in [-0.05, 0) is 41.3 Å². The minimum Gasteiger partial charge on any atom is -0.497 e. The second kappa shape index (κ2) is 7.83. The highest BCUT2D eigenvalue weighted by Crippen LogP contribution is 2.42. The molecule has 1 atom stereocenters. The minimum absolute atomic E-state index is 0.239. The van der Waals surface area contributed by atoms with Gasteiger partial charge in [0, 0.05) is 18.1 Å². The summed E-state index contributed by atoms with van der Waals surface area (Å²) in [6.45, 7) is 10.2. The molecule has 2 aromatic carbocycles. The Morgan fingerprint density at radius 1 is 1.12 bits per heavy atom. The highest BCUT2D eigenvalue weighted by Gasteiger charge is 2.30. The maximum absolute atomic E-state index is 14.6. The lowest BCUT2D eigenvalue weighted by molar-refractivity contribution is 0.0307. The third kappa shape index (κ3) is 3.93. The largest absolute Gasteiger partial charge is 0.497 e. The molecule has 0 spiro atoms. The third-order valence-electron chi connectivity index (χ3n) is 4.71. The van der Waals surface area contributed by atoms with Crippen LogP contribution in [0.15, 0.2) is 49.1 Å². The third-order valence-corrected chi connectivity index (χ3v) is 4.71. The highest BCUT2D eigenvalue weighted by molar-refractivity contribution is 5.70. The molecule has 0 aromatic heterocycles. The Balaban J connectivity index is 2.73. The van der Waals surface area contributed by atoms with Crippen LogP contribution in [0.3, 0.4) is 0 Å². The van der Waals surface area contributed by atoms with Crippen molar-refractivity contribution in [1.29, 1.82) is 0 Å². The summed E-state index contributed by atoms with van der Waals surface area (Å²) in [4.78, 5) is 0. The lowest BCUT2D eigenvalue weighted by Crippen LogP contribution is -2.22. The van der Waals surface area contributed by atoms with Crippen LogP contribution >= 0.6 is 0 Å². The summed E-state index contributed by atoms with van der Waals surface area (Å²) in [5.74, 6) is 0.344. The number of ether oxygens (including phenoxy) is 2. The number of halogens is 1. The van der Waals surface area contributed by atoms with E-state index in [2.05, 4.69) is 33.4 Å². The van der Waals surface area contributed by atoms with E-state index < -0.39 is 0 Å². The van der Waals surface area contributed by atoms with Gasteiger partial charge in [-0.2, -0.15) is 0 Å². The molecule has 0 saturated heterocycles. The van der Waals surface area contributed by atoms with Crippen LogP contribution in [-0.4, -0.2) is 14.2 Å². The van der Waals surface area contributed by atoms with Crippen molar-refractivity contribution in [2.24, 2.45) is 5.41 Å². The van der Waals surface area contributed by atoms with Crippen LogP contribution in [0.4, 0.5) is 4.39 Å². The zero-order valence-electron chi connectivity index (χ0n) is 15.7. The molecule has 3 heteroatoms. The van der Waals surface area contributed by atoms with E-state index in [1.54, 1.807) is 26.4 Å². The van der Waals surface area contributed by atoms with Crippen LogP contribution in [0.25, 0.3) is 11.1 Å². The maximum atomic E-state index is 14.6. The smallest absolute Gasteiger partial charge is 0.131 e. The topological polar surface area (TPSA) is 18.5 Å². The predicted molar refractivity (Wildman–Crippen MR) is 101 cm³/mol. The van der Waals surface area contributed by atoms with Gasteiger partial charge >= 0.3 is 0 Å². The normalized spacial score (nSPS) is 12.7. The van der Waals surface area contributed by atoms with Gasteiger partial charge in [0.25, 0.3) is 0 Å². The zero-order valence-corrected chi connectivity index (χ0v) is 15.7. The highest BCUT2D eigenvalue weighted by atomic mass is 19.1. The summed E-state index contributed by atoms with van der Waals surface area (Å²) in [7, 11) is 3.26. The van der Waals surface area contributed by atoms with Crippen molar-refractivity contribution >= 4 is 0 Å². The molecule has 0 aliphatic carbocycles. The van der Waals surface area contributed by atoms with Crippen LogP contribution in [0.1, 0.15) is 38.0 Å². The fraction of sp³-hybridized carbons (Fsp3) is 0.364. The van der Waals surface area contributed by atoms with E-state index in [1.807, 2.05) is 18.2 Å². The van der Waals surface area contributed by atoms with Gasteiger partial charge in [-0.15, -0.1) is 6.58 Å². The van der Waals surface area contributed by atoms with Crippen LogP contribution in [-0.2, 0) is 11.2 Å². The van der Waals surface area contributed by atoms with Crippen molar-refractivity contribution in [3.05, 3.63) is 66.0 Å². The van der Waals surface area contributed by atoms with Crippen LogP contribution in [0.2, 0.25) is 0 Å². The Bertz CT molecular complexity index is 750. The Labute approximate surface area is 150 Å². The summed E-state index contributed by atoms with van der Waals surface area (Å²) >= 11 is 0. The van der Waals surface area contributed by atoms with E-state index in [4.69, 9.17) is 9.47 Å². The Morgan fingerprint density at radius 3 is 2.40 bits per heavy atom. The first-order chi connectivity index (χ1) is 11.9. The molecule has 0 radical (unpaired) electrons. The zero-order chi connectivity index (χ0) is 18.6. The van der Waals surface area contributed by atoms with Crippen molar-refractivity contribution in [3.63, 3.8) is 0 Å². The Kier molecular flexibility index (Phi) is 6.02. The van der Waals surface area contributed by atoms with Crippen molar-refractivity contribution in [2.75, 3.05) is 14.2 Å². The second-order valence-electron chi connectivity index (χ2n) is 6.76. The quantitative estimate of drug-likeness (QED) is 0.578. The molecular formula is C22H27FO2. The molecule has 2 aromatic rings. The van der Waals surface area contributed by atoms with Crippen molar-refractivity contribution < 1.29 is 13.9 Å². The Morgan fingerprint density at radius 2 is 1.84 bits per heavy atom. The summed E-state index contributed by atoms with van der Waals surface area (Å²) < 4.78 is 25.7. The number of aryl methyl sites for hydroxylation is 1. The van der Waals surface area contributed by atoms with Crippen LogP contribution < -0.4 is 4.74 Å². The van der Waals surface area contributed by atoms with Gasteiger partial charge in [0.1, 0.15) is 11.6 Å². The molecule has 0 N–H and O–H groups in total. The number of hydrogen-bond donors (Lipinski definition) is 0. The fourth-order valence-electron chi connectivity index (χ4n) is 3.07. The molecule has 0 aliphatic rings. The first kappa shape index (κ1) is 19.2. The molecule has 0 bridgehead atoms. The van der Waals surface area contributed by atoms with Gasteiger partial charge in [0.2, 0.25) is 0 Å². The first-order valence-electron chi connectivity index (χ1n) is 8.51. The average molecular weight is 342 g/mol. The van der Waals surface area contributed by atoms with Crippen molar-refractivity contribution in [2.45, 2.75) is 33.3 Å². The van der Waals surface area contributed by atoms with Crippen molar-refractivity contribution in [3.8, 4) is 16.9 Å². The number of methoxy groups -OCH3 is 2. The number of rotatable bonds is 7. The lowest BCUT2D eigenvalue weighted by atomic mass is 9.79. The van der Waals surface area contributed by atoms with E-state index in [9.17, 15) is 4.39 Å².